The van der Waals surface area contributed by atoms with Gasteiger partial charge >= 0.3 is 0 Å². The molecule has 2 amide bonds. The van der Waals surface area contributed by atoms with Crippen LogP contribution in [0.3, 0.4) is 0 Å². The highest BCUT2D eigenvalue weighted by molar-refractivity contribution is 6.12. The fraction of sp³-hybridized carbons (Fsp3) is 0.273. The predicted molar refractivity (Wildman–Crippen MR) is 108 cm³/mol. The Kier molecular flexibility index (Phi) is 5.48. The zero-order chi connectivity index (χ0) is 20.2. The van der Waals surface area contributed by atoms with Gasteiger partial charge in [-0.2, -0.15) is 0 Å². The number of rotatable bonds is 4. The van der Waals surface area contributed by atoms with Crippen LogP contribution in [0.2, 0.25) is 0 Å². The second kappa shape index (κ2) is 8.36. The Hall–Kier alpha value is -3.32. The number of methoxy groups -OCH3 is 1. The van der Waals surface area contributed by atoms with E-state index in [9.17, 15) is 9.59 Å². The summed E-state index contributed by atoms with van der Waals surface area (Å²) in [4.78, 5) is 29.1. The number of morpholine rings is 1. The Morgan fingerprint density at radius 1 is 1.10 bits per heavy atom. The third-order valence-corrected chi connectivity index (χ3v) is 4.90. The summed E-state index contributed by atoms with van der Waals surface area (Å²) in [5, 5.41) is 0. The van der Waals surface area contributed by atoms with Gasteiger partial charge < -0.3 is 19.1 Å². The molecule has 2 aromatic carbocycles. The number of hydrogen-bond acceptors (Lipinski definition) is 5. The molecule has 0 atom stereocenters. The highest BCUT2D eigenvalue weighted by Gasteiger charge is 2.32. The van der Waals surface area contributed by atoms with Crippen LogP contribution in [0.5, 0.6) is 11.5 Å². The summed E-state index contributed by atoms with van der Waals surface area (Å²) < 4.78 is 16.3. The minimum Gasteiger partial charge on any atom is -0.497 e. The highest BCUT2D eigenvalue weighted by Crippen LogP contribution is 2.35. The predicted octanol–water partition coefficient (Wildman–Crippen LogP) is 2.32. The van der Waals surface area contributed by atoms with E-state index in [4.69, 9.17) is 14.2 Å². The van der Waals surface area contributed by atoms with Gasteiger partial charge in [0.15, 0.2) is 11.5 Å². The maximum absolute atomic E-state index is 13.1. The van der Waals surface area contributed by atoms with Gasteiger partial charge in [-0.15, -0.1) is 0 Å². The fourth-order valence-electron chi connectivity index (χ4n) is 3.32. The van der Waals surface area contributed by atoms with Gasteiger partial charge in [-0.25, -0.2) is 0 Å². The van der Waals surface area contributed by atoms with E-state index in [1.54, 1.807) is 30.2 Å². The maximum Gasteiger partial charge on any atom is 0.294 e. The summed E-state index contributed by atoms with van der Waals surface area (Å²) in [5.74, 6) is 0.986. The van der Waals surface area contributed by atoms with Crippen LogP contribution in [-0.4, -0.2) is 56.7 Å². The number of fused-ring (bicyclic) bond motifs is 1. The van der Waals surface area contributed by atoms with Crippen LogP contribution < -0.4 is 14.4 Å². The number of carbonyl (C=O) groups excluding carboxylic acids is 2. The molecular formula is C22H22N2O5. The summed E-state index contributed by atoms with van der Waals surface area (Å²) >= 11 is 0. The van der Waals surface area contributed by atoms with E-state index in [2.05, 4.69) is 0 Å². The molecule has 7 nitrogen and oxygen atoms in total. The lowest BCUT2D eigenvalue weighted by molar-refractivity contribution is -0.135. The van der Waals surface area contributed by atoms with E-state index in [0.717, 1.165) is 11.3 Å². The van der Waals surface area contributed by atoms with Crippen LogP contribution in [0.1, 0.15) is 5.56 Å². The van der Waals surface area contributed by atoms with E-state index >= 15 is 0 Å². The van der Waals surface area contributed by atoms with Crippen molar-refractivity contribution < 1.29 is 23.8 Å². The number of para-hydroxylation sites is 2. The highest BCUT2D eigenvalue weighted by atomic mass is 16.5. The molecule has 29 heavy (non-hydrogen) atoms. The number of nitrogens with zero attached hydrogens (tertiary/aromatic N) is 2. The Bertz CT molecular complexity index is 932. The second-order valence-corrected chi connectivity index (χ2v) is 6.74. The minimum atomic E-state index is -0.346. The van der Waals surface area contributed by atoms with Crippen LogP contribution in [0.15, 0.2) is 54.3 Å². The van der Waals surface area contributed by atoms with Crippen LogP contribution in [0.4, 0.5) is 5.69 Å². The molecule has 0 aromatic heterocycles. The summed E-state index contributed by atoms with van der Waals surface area (Å²) in [5.41, 5.74) is 1.39. The molecule has 0 saturated carbocycles. The lowest BCUT2D eigenvalue weighted by Gasteiger charge is -2.33. The Morgan fingerprint density at radius 3 is 2.55 bits per heavy atom. The lowest BCUT2D eigenvalue weighted by Crippen LogP contribution is -2.48. The molecule has 0 bridgehead atoms. The van der Waals surface area contributed by atoms with Crippen molar-refractivity contribution in [3.05, 3.63) is 59.9 Å². The van der Waals surface area contributed by atoms with Crippen molar-refractivity contribution in [3.8, 4) is 11.5 Å². The quantitative estimate of drug-likeness (QED) is 0.745. The summed E-state index contributed by atoms with van der Waals surface area (Å²) in [6.45, 7) is 2.06. The standard InChI is InChI=1S/C22H22N2O5/c1-27-17-8-6-16(7-9-17)14-20-22(26)24(18-4-2-3-5-19(18)29-20)15-21(25)23-10-12-28-13-11-23/h2-9,14H,10-13,15H2,1H3. The second-order valence-electron chi connectivity index (χ2n) is 6.74. The minimum absolute atomic E-state index is 0.0425. The number of hydrogen-bond donors (Lipinski definition) is 0. The molecule has 0 N–H and O–H groups in total. The molecule has 2 aromatic rings. The van der Waals surface area contributed by atoms with Crippen molar-refractivity contribution >= 4 is 23.6 Å². The van der Waals surface area contributed by atoms with E-state index in [0.29, 0.717) is 37.7 Å². The Balaban J connectivity index is 1.61. The topological polar surface area (TPSA) is 68.3 Å². The van der Waals surface area contributed by atoms with Gasteiger partial charge in [-0.3, -0.25) is 14.5 Å². The van der Waals surface area contributed by atoms with E-state index in [1.807, 2.05) is 36.4 Å². The van der Waals surface area contributed by atoms with Crippen LogP contribution in [-0.2, 0) is 14.3 Å². The molecule has 0 spiro atoms. The summed E-state index contributed by atoms with van der Waals surface area (Å²) in [6, 6.07) is 14.5. The first-order valence-corrected chi connectivity index (χ1v) is 9.46. The Morgan fingerprint density at radius 2 is 1.83 bits per heavy atom. The third-order valence-electron chi connectivity index (χ3n) is 4.90. The van der Waals surface area contributed by atoms with E-state index in [1.165, 1.54) is 4.90 Å². The van der Waals surface area contributed by atoms with Gasteiger partial charge in [-0.1, -0.05) is 24.3 Å². The van der Waals surface area contributed by atoms with Crippen molar-refractivity contribution in [2.75, 3.05) is 44.9 Å². The zero-order valence-corrected chi connectivity index (χ0v) is 16.2. The van der Waals surface area contributed by atoms with Crippen molar-refractivity contribution in [2.45, 2.75) is 0 Å². The van der Waals surface area contributed by atoms with E-state index < -0.39 is 0 Å². The molecule has 0 radical (unpaired) electrons. The van der Waals surface area contributed by atoms with Crippen LogP contribution in [0.25, 0.3) is 6.08 Å². The molecule has 1 fully saturated rings. The van der Waals surface area contributed by atoms with Crippen LogP contribution >= 0.6 is 0 Å². The molecule has 2 heterocycles. The summed E-state index contributed by atoms with van der Waals surface area (Å²) in [7, 11) is 1.60. The van der Waals surface area contributed by atoms with Crippen molar-refractivity contribution in [1.82, 2.24) is 4.90 Å². The van der Waals surface area contributed by atoms with E-state index in [-0.39, 0.29) is 24.1 Å². The SMILES string of the molecule is COc1ccc(C=C2Oc3ccccc3N(CC(=O)N3CCOCC3)C2=O)cc1. The lowest BCUT2D eigenvalue weighted by atomic mass is 10.1. The van der Waals surface area contributed by atoms with Gasteiger partial charge in [-0.05, 0) is 35.9 Å². The molecule has 150 valence electrons. The maximum atomic E-state index is 13.1. The van der Waals surface area contributed by atoms with Crippen molar-refractivity contribution in [1.29, 1.82) is 0 Å². The number of amides is 2. The molecule has 0 aliphatic carbocycles. The fourth-order valence-corrected chi connectivity index (χ4v) is 3.32. The molecule has 2 aliphatic rings. The molecule has 2 aliphatic heterocycles. The number of carbonyl (C=O) groups is 2. The normalized spacial score (nSPS) is 17.7. The van der Waals surface area contributed by atoms with Gasteiger partial charge in [0.1, 0.15) is 12.3 Å². The van der Waals surface area contributed by atoms with Gasteiger partial charge in [0, 0.05) is 13.1 Å². The first-order chi connectivity index (χ1) is 14.2. The van der Waals surface area contributed by atoms with Crippen LogP contribution in [0, 0.1) is 0 Å². The molecule has 1 saturated heterocycles. The molecule has 7 heteroatoms. The molecular weight excluding hydrogens is 372 g/mol. The number of anilines is 1. The number of benzene rings is 2. The molecule has 0 unspecified atom stereocenters. The smallest absolute Gasteiger partial charge is 0.294 e. The van der Waals surface area contributed by atoms with Crippen molar-refractivity contribution in [3.63, 3.8) is 0 Å². The first kappa shape index (κ1) is 19.0. The third kappa shape index (κ3) is 4.09. The summed E-state index contributed by atoms with van der Waals surface area (Å²) in [6.07, 6.45) is 1.67. The monoisotopic (exact) mass is 394 g/mol. The van der Waals surface area contributed by atoms with Crippen molar-refractivity contribution in [2.24, 2.45) is 0 Å². The first-order valence-electron chi connectivity index (χ1n) is 9.46. The van der Waals surface area contributed by atoms with Gasteiger partial charge in [0.25, 0.3) is 5.91 Å². The van der Waals surface area contributed by atoms with Gasteiger partial charge in [0.2, 0.25) is 5.91 Å². The average Bonchev–Trinajstić information content (AvgIpc) is 2.77. The number of ether oxygens (including phenoxy) is 3. The Labute approximate surface area is 169 Å². The molecule has 4 rings (SSSR count). The largest absolute Gasteiger partial charge is 0.497 e. The average molecular weight is 394 g/mol. The van der Waals surface area contributed by atoms with Gasteiger partial charge in [0.05, 0.1) is 26.0 Å². The zero-order valence-electron chi connectivity index (χ0n) is 16.2.